The maximum atomic E-state index is 12.3. The lowest BCUT2D eigenvalue weighted by Gasteiger charge is -2.14. The molecule has 1 heterocycles. The number of hydrazone groups is 1. The topological polar surface area (TPSA) is 53.8 Å². The van der Waals surface area contributed by atoms with Gasteiger partial charge in [-0.3, -0.25) is 4.79 Å². The number of carbonyl (C=O) groups excluding carboxylic acids is 1. The number of amides is 1. The van der Waals surface area contributed by atoms with E-state index in [2.05, 4.69) is 28.7 Å². The van der Waals surface area contributed by atoms with Crippen LogP contribution in [0, 0.1) is 0 Å². The van der Waals surface area contributed by atoms with Gasteiger partial charge in [0.15, 0.2) is 0 Å². The van der Waals surface area contributed by atoms with Crippen molar-refractivity contribution in [1.29, 1.82) is 0 Å². The van der Waals surface area contributed by atoms with E-state index >= 15 is 0 Å². The van der Waals surface area contributed by atoms with Crippen molar-refractivity contribution in [2.75, 3.05) is 5.75 Å². The van der Waals surface area contributed by atoms with Crippen LogP contribution in [-0.4, -0.2) is 22.9 Å². The van der Waals surface area contributed by atoms with Crippen molar-refractivity contribution in [3.63, 3.8) is 0 Å². The summed E-state index contributed by atoms with van der Waals surface area (Å²) < 4.78 is 0. The fourth-order valence-electron chi connectivity index (χ4n) is 3.33. The number of nitrogens with zero attached hydrogens (tertiary/aromatic N) is 2. The molecule has 1 aliphatic rings. The van der Waals surface area contributed by atoms with E-state index in [0.717, 1.165) is 22.7 Å². The maximum absolute atomic E-state index is 12.3. The summed E-state index contributed by atoms with van der Waals surface area (Å²) in [5, 5.41) is 5.61. The van der Waals surface area contributed by atoms with Gasteiger partial charge in [0.25, 0.3) is 0 Å². The summed E-state index contributed by atoms with van der Waals surface area (Å²) in [6.07, 6.45) is 2.44. The highest BCUT2D eigenvalue weighted by molar-refractivity contribution is 8.14. The maximum Gasteiger partial charge on any atom is 0.250 e. The zero-order valence-corrected chi connectivity index (χ0v) is 17.7. The molecule has 0 spiro atoms. The van der Waals surface area contributed by atoms with Gasteiger partial charge in [0.2, 0.25) is 5.91 Å². The Bertz CT molecular complexity index is 1100. The Balaban J connectivity index is 1.38. The van der Waals surface area contributed by atoms with Crippen molar-refractivity contribution in [3.05, 3.63) is 101 Å². The molecule has 0 bridgehead atoms. The molecule has 1 unspecified atom stereocenters. The number of fused-ring (bicyclic) bond motifs is 1. The first kappa shape index (κ1) is 20.4. The smallest absolute Gasteiger partial charge is 0.250 e. The van der Waals surface area contributed by atoms with Crippen LogP contribution in [0.3, 0.4) is 0 Å². The minimum Gasteiger partial charge on any atom is -0.272 e. The third kappa shape index (κ3) is 5.17. The molecular formula is C24H20ClN3OS. The van der Waals surface area contributed by atoms with Gasteiger partial charge in [0.1, 0.15) is 0 Å². The molecule has 150 valence electrons. The zero-order valence-electron chi connectivity index (χ0n) is 16.2. The number of halogens is 1. The average molecular weight is 434 g/mol. The third-order valence-electron chi connectivity index (χ3n) is 4.73. The van der Waals surface area contributed by atoms with Crippen LogP contribution in [0.1, 0.15) is 22.6 Å². The summed E-state index contributed by atoms with van der Waals surface area (Å²) in [6, 6.07) is 25.8. The number of benzene rings is 3. The molecule has 1 amide bonds. The van der Waals surface area contributed by atoms with Crippen molar-refractivity contribution in [2.24, 2.45) is 10.1 Å². The number of carbonyl (C=O) groups is 1. The number of aliphatic imine (C=N–C) groups is 1. The fraction of sp³-hybridized carbons (Fsp3) is 0.125. The highest BCUT2D eigenvalue weighted by Crippen LogP contribution is 2.40. The summed E-state index contributed by atoms with van der Waals surface area (Å²) in [5.41, 5.74) is 6.85. The van der Waals surface area contributed by atoms with Crippen LogP contribution in [0.5, 0.6) is 0 Å². The van der Waals surface area contributed by atoms with E-state index in [1.807, 2.05) is 48.5 Å². The van der Waals surface area contributed by atoms with E-state index in [0.29, 0.717) is 5.02 Å². The summed E-state index contributed by atoms with van der Waals surface area (Å²) in [6.45, 7) is 0. The van der Waals surface area contributed by atoms with E-state index in [9.17, 15) is 4.79 Å². The molecule has 0 aromatic heterocycles. The van der Waals surface area contributed by atoms with Gasteiger partial charge in [0, 0.05) is 10.9 Å². The third-order valence-corrected chi connectivity index (χ3v) is 6.04. The molecule has 4 nitrogen and oxygen atoms in total. The first-order valence-electron chi connectivity index (χ1n) is 9.61. The van der Waals surface area contributed by atoms with Gasteiger partial charge >= 0.3 is 0 Å². The lowest BCUT2D eigenvalue weighted by Crippen LogP contribution is -2.21. The number of thioether (sulfide) groups is 1. The van der Waals surface area contributed by atoms with Crippen molar-refractivity contribution < 1.29 is 4.79 Å². The molecule has 3 aromatic rings. The fourth-order valence-corrected chi connectivity index (χ4v) is 4.45. The van der Waals surface area contributed by atoms with E-state index in [4.69, 9.17) is 16.6 Å². The molecule has 3 aromatic carbocycles. The van der Waals surface area contributed by atoms with Crippen LogP contribution >= 0.6 is 23.4 Å². The van der Waals surface area contributed by atoms with Crippen LogP contribution in [0.2, 0.25) is 5.02 Å². The molecule has 30 heavy (non-hydrogen) atoms. The second-order valence-corrected chi connectivity index (χ2v) is 8.32. The first-order chi connectivity index (χ1) is 14.7. The van der Waals surface area contributed by atoms with Gasteiger partial charge in [-0.25, -0.2) is 10.4 Å². The van der Waals surface area contributed by atoms with Crippen molar-refractivity contribution in [1.82, 2.24) is 5.43 Å². The van der Waals surface area contributed by atoms with Gasteiger partial charge in [-0.2, -0.15) is 5.10 Å². The molecule has 1 N–H and O–H groups in total. The lowest BCUT2D eigenvalue weighted by atomic mass is 9.94. The van der Waals surface area contributed by atoms with Crippen LogP contribution < -0.4 is 5.43 Å². The van der Waals surface area contributed by atoms with Gasteiger partial charge in [-0.1, -0.05) is 72.3 Å². The molecule has 0 saturated carbocycles. The van der Waals surface area contributed by atoms with Crippen LogP contribution in [0.25, 0.3) is 0 Å². The Morgan fingerprint density at radius 2 is 1.87 bits per heavy atom. The second-order valence-electron chi connectivity index (χ2n) is 6.89. The summed E-state index contributed by atoms with van der Waals surface area (Å²) in [4.78, 5) is 17.1. The molecule has 0 radical (unpaired) electrons. The quantitative estimate of drug-likeness (QED) is 0.406. The highest BCUT2D eigenvalue weighted by Gasteiger charge is 2.28. The van der Waals surface area contributed by atoms with Gasteiger partial charge in [-0.15, -0.1) is 11.8 Å². The lowest BCUT2D eigenvalue weighted by molar-refractivity contribution is -0.118. The minimum absolute atomic E-state index is 0.163. The monoisotopic (exact) mass is 433 g/mol. The number of nitrogens with one attached hydrogen (secondary N) is 1. The molecule has 4 rings (SSSR count). The predicted molar refractivity (Wildman–Crippen MR) is 126 cm³/mol. The van der Waals surface area contributed by atoms with Crippen LogP contribution in [0.15, 0.2) is 89.0 Å². The van der Waals surface area contributed by atoms with Crippen molar-refractivity contribution in [2.45, 2.75) is 12.3 Å². The molecule has 1 atom stereocenters. The average Bonchev–Trinajstić information content (AvgIpc) is 3.10. The van der Waals surface area contributed by atoms with Crippen molar-refractivity contribution >= 4 is 46.2 Å². The molecule has 0 fully saturated rings. The van der Waals surface area contributed by atoms with Crippen LogP contribution in [-0.2, 0) is 11.2 Å². The molecular weight excluding hydrogens is 414 g/mol. The van der Waals surface area contributed by atoms with E-state index in [1.54, 1.807) is 18.3 Å². The second kappa shape index (κ2) is 9.74. The summed E-state index contributed by atoms with van der Waals surface area (Å²) in [5.74, 6) is 0.247. The van der Waals surface area contributed by atoms with E-state index < -0.39 is 0 Å². The summed E-state index contributed by atoms with van der Waals surface area (Å²) in [7, 11) is 0. The summed E-state index contributed by atoms with van der Waals surface area (Å²) >= 11 is 7.42. The SMILES string of the molecule is O=C(CSC1=Nc2ccccc2C1Cc1ccccc1)N/N=C/c1cccc(Cl)c1. The Kier molecular flexibility index (Phi) is 6.62. The number of hydrogen-bond acceptors (Lipinski definition) is 4. The zero-order chi connectivity index (χ0) is 20.8. The molecule has 0 aliphatic carbocycles. The standard InChI is InChI=1S/C24H20ClN3OS/c25-19-10-6-9-18(13-19)15-26-28-23(29)16-30-24-21(14-17-7-2-1-3-8-17)20-11-4-5-12-22(20)27-24/h1-13,15,21H,14,16H2,(H,28,29)/b26-15+. The Morgan fingerprint density at radius 3 is 2.70 bits per heavy atom. The number of para-hydroxylation sites is 1. The Hall–Kier alpha value is -2.89. The van der Waals surface area contributed by atoms with Gasteiger partial charge < -0.3 is 0 Å². The Labute approximate surface area is 185 Å². The highest BCUT2D eigenvalue weighted by atomic mass is 35.5. The largest absolute Gasteiger partial charge is 0.272 e. The van der Waals surface area contributed by atoms with Gasteiger partial charge in [0.05, 0.1) is 22.7 Å². The molecule has 1 aliphatic heterocycles. The number of hydrogen-bond donors (Lipinski definition) is 1. The van der Waals surface area contributed by atoms with Crippen molar-refractivity contribution in [3.8, 4) is 0 Å². The van der Waals surface area contributed by atoms with Crippen LogP contribution in [0.4, 0.5) is 5.69 Å². The van der Waals surface area contributed by atoms with E-state index in [1.165, 1.54) is 22.9 Å². The van der Waals surface area contributed by atoms with Gasteiger partial charge in [-0.05, 0) is 41.3 Å². The molecule has 6 heteroatoms. The first-order valence-corrected chi connectivity index (χ1v) is 11.0. The Morgan fingerprint density at radius 1 is 1.07 bits per heavy atom. The minimum atomic E-state index is -0.171. The predicted octanol–water partition coefficient (Wildman–Crippen LogP) is 5.59. The van der Waals surface area contributed by atoms with E-state index in [-0.39, 0.29) is 17.6 Å². The number of rotatable bonds is 6. The molecule has 0 saturated heterocycles. The normalized spacial score (nSPS) is 15.1.